The van der Waals surface area contributed by atoms with Gasteiger partial charge in [-0.05, 0) is 85.9 Å². The summed E-state index contributed by atoms with van der Waals surface area (Å²) in [6.07, 6.45) is 1.79. The minimum absolute atomic E-state index is 0.186. The summed E-state index contributed by atoms with van der Waals surface area (Å²) < 4.78 is 13.1. The highest BCUT2D eigenvalue weighted by atomic mass is 32.1. The van der Waals surface area contributed by atoms with Gasteiger partial charge in [0.15, 0.2) is 5.11 Å². The van der Waals surface area contributed by atoms with Crippen LogP contribution in [-0.2, 0) is 4.79 Å². The fourth-order valence-corrected chi connectivity index (χ4v) is 5.29. The van der Waals surface area contributed by atoms with Gasteiger partial charge in [0, 0.05) is 35.9 Å². The fraction of sp³-hybridized carbons (Fsp3) is 0.207. The van der Waals surface area contributed by atoms with E-state index < -0.39 is 0 Å². The molecule has 38 heavy (non-hydrogen) atoms. The Kier molecular flexibility index (Phi) is 7.02. The van der Waals surface area contributed by atoms with E-state index in [1.807, 2.05) is 60.7 Å². The molecule has 0 spiro atoms. The van der Waals surface area contributed by atoms with Crippen LogP contribution in [0.2, 0.25) is 0 Å². The second-order valence-corrected chi connectivity index (χ2v) is 9.38. The SMILES string of the molecule is COc1ccc(-n2c(C)ccc2[C@H]2[C@@H](c3ccccn3)NC(=S)N2c2ccc(OC)c(NC(C)=O)c2)cc1. The zero-order chi connectivity index (χ0) is 26.8. The Morgan fingerprint density at radius 1 is 1.00 bits per heavy atom. The summed E-state index contributed by atoms with van der Waals surface area (Å²) in [5.41, 5.74) is 5.38. The molecule has 0 radical (unpaired) electrons. The van der Waals surface area contributed by atoms with Crippen LogP contribution in [-0.4, -0.2) is 34.8 Å². The lowest BCUT2D eigenvalue weighted by atomic mass is 10.0. The number of nitrogens with one attached hydrogen (secondary N) is 2. The van der Waals surface area contributed by atoms with Crippen LogP contribution in [0.1, 0.15) is 36.1 Å². The Balaban J connectivity index is 1.68. The smallest absolute Gasteiger partial charge is 0.221 e. The molecule has 4 aromatic rings. The highest BCUT2D eigenvalue weighted by Crippen LogP contribution is 2.44. The minimum Gasteiger partial charge on any atom is -0.497 e. The van der Waals surface area contributed by atoms with E-state index in [9.17, 15) is 4.79 Å². The van der Waals surface area contributed by atoms with E-state index in [1.165, 1.54) is 6.92 Å². The van der Waals surface area contributed by atoms with Gasteiger partial charge in [-0.2, -0.15) is 0 Å². The Bertz CT molecular complexity index is 1470. The Labute approximate surface area is 227 Å². The van der Waals surface area contributed by atoms with Crippen molar-refractivity contribution in [1.82, 2.24) is 14.9 Å². The lowest BCUT2D eigenvalue weighted by Crippen LogP contribution is -2.30. The number of rotatable bonds is 7. The number of nitrogens with zero attached hydrogens (tertiary/aromatic N) is 3. The number of aromatic nitrogens is 2. The molecule has 2 aromatic carbocycles. The molecule has 3 heterocycles. The standard InChI is InChI=1S/C29H29N5O3S/c1-18-8-14-25(33(18)20-9-12-22(36-3)13-10-20)28-27(23-7-5-6-16-30-23)32-29(38)34(28)21-11-15-26(37-4)24(17-21)31-19(2)35/h5-17,27-28H,1-4H3,(H,31,35)(H,32,38)/t27-,28+/m1/s1. The highest BCUT2D eigenvalue weighted by Gasteiger charge is 2.42. The molecule has 8 nitrogen and oxygen atoms in total. The molecule has 2 N–H and O–H groups in total. The van der Waals surface area contributed by atoms with Crippen molar-refractivity contribution in [3.8, 4) is 17.2 Å². The van der Waals surface area contributed by atoms with Gasteiger partial charge >= 0.3 is 0 Å². The number of thiocarbonyl (C=S) groups is 1. The molecule has 1 saturated heterocycles. The summed E-state index contributed by atoms with van der Waals surface area (Å²) in [6.45, 7) is 3.55. The molecule has 1 aliphatic rings. The first-order chi connectivity index (χ1) is 18.4. The maximum Gasteiger partial charge on any atom is 0.221 e. The first kappa shape index (κ1) is 25.3. The lowest BCUT2D eigenvalue weighted by Gasteiger charge is -2.30. The summed E-state index contributed by atoms with van der Waals surface area (Å²) in [6, 6.07) is 23.3. The van der Waals surface area contributed by atoms with Gasteiger partial charge in [0.1, 0.15) is 17.5 Å². The number of hydrogen-bond donors (Lipinski definition) is 2. The summed E-state index contributed by atoms with van der Waals surface area (Å²) >= 11 is 5.91. The first-order valence-corrected chi connectivity index (χ1v) is 12.6. The predicted molar refractivity (Wildman–Crippen MR) is 152 cm³/mol. The molecule has 0 unspecified atom stereocenters. The van der Waals surface area contributed by atoms with E-state index in [4.69, 9.17) is 21.7 Å². The van der Waals surface area contributed by atoms with E-state index in [0.29, 0.717) is 16.5 Å². The molecule has 1 aliphatic heterocycles. The van der Waals surface area contributed by atoms with Gasteiger partial charge in [-0.15, -0.1) is 0 Å². The number of aryl methyl sites for hydroxylation is 1. The number of anilines is 2. The molecule has 1 amide bonds. The van der Waals surface area contributed by atoms with E-state index in [0.717, 1.165) is 34.2 Å². The predicted octanol–water partition coefficient (Wildman–Crippen LogP) is 5.33. The van der Waals surface area contributed by atoms with Crippen LogP contribution in [0.3, 0.4) is 0 Å². The number of amides is 1. The second-order valence-electron chi connectivity index (χ2n) is 9.00. The van der Waals surface area contributed by atoms with Crippen molar-refractivity contribution in [1.29, 1.82) is 0 Å². The van der Waals surface area contributed by atoms with Crippen molar-refractivity contribution in [2.24, 2.45) is 0 Å². The molecule has 194 valence electrons. The topological polar surface area (TPSA) is 80.7 Å². The van der Waals surface area contributed by atoms with E-state index in [-0.39, 0.29) is 18.0 Å². The number of carbonyl (C=O) groups is 1. The maximum absolute atomic E-state index is 11.9. The molecular formula is C29H29N5O3S. The quantitative estimate of drug-likeness (QED) is 0.314. The van der Waals surface area contributed by atoms with Gasteiger partial charge in [0.2, 0.25) is 5.91 Å². The van der Waals surface area contributed by atoms with Crippen LogP contribution in [0.25, 0.3) is 5.69 Å². The normalized spacial score (nSPS) is 16.7. The molecule has 0 bridgehead atoms. The van der Waals surface area contributed by atoms with Crippen LogP contribution in [0.4, 0.5) is 11.4 Å². The number of carbonyl (C=O) groups excluding carboxylic acids is 1. The molecule has 1 fully saturated rings. The number of hydrogen-bond acceptors (Lipinski definition) is 5. The Morgan fingerprint density at radius 3 is 2.42 bits per heavy atom. The number of ether oxygens (including phenoxy) is 2. The molecule has 9 heteroatoms. The number of benzene rings is 2. The van der Waals surface area contributed by atoms with Crippen LogP contribution in [0.5, 0.6) is 11.5 Å². The zero-order valence-corrected chi connectivity index (χ0v) is 22.5. The van der Waals surface area contributed by atoms with E-state index in [1.54, 1.807) is 20.4 Å². The molecule has 0 aliphatic carbocycles. The number of pyridine rings is 1. The largest absolute Gasteiger partial charge is 0.497 e. The van der Waals surface area contributed by atoms with Crippen molar-refractivity contribution < 1.29 is 14.3 Å². The third-order valence-corrected chi connectivity index (χ3v) is 6.92. The summed E-state index contributed by atoms with van der Waals surface area (Å²) in [7, 11) is 3.23. The molecule has 5 rings (SSSR count). The van der Waals surface area contributed by atoms with Gasteiger partial charge in [-0.25, -0.2) is 0 Å². The van der Waals surface area contributed by atoms with Gasteiger partial charge in [0.25, 0.3) is 0 Å². The van der Waals surface area contributed by atoms with Crippen LogP contribution in [0, 0.1) is 6.92 Å². The zero-order valence-electron chi connectivity index (χ0n) is 21.6. The van der Waals surface area contributed by atoms with Crippen molar-refractivity contribution in [2.45, 2.75) is 25.9 Å². The van der Waals surface area contributed by atoms with Crippen molar-refractivity contribution in [3.63, 3.8) is 0 Å². The minimum atomic E-state index is -0.244. The lowest BCUT2D eigenvalue weighted by molar-refractivity contribution is -0.114. The van der Waals surface area contributed by atoms with E-state index in [2.05, 4.69) is 44.1 Å². The van der Waals surface area contributed by atoms with Crippen LogP contribution < -0.4 is 25.0 Å². The average Bonchev–Trinajstić information content (AvgIpc) is 3.48. The first-order valence-electron chi connectivity index (χ1n) is 12.2. The van der Waals surface area contributed by atoms with Crippen molar-refractivity contribution in [3.05, 3.63) is 96.1 Å². The summed E-state index contributed by atoms with van der Waals surface area (Å²) in [5, 5.41) is 6.93. The Hall–Kier alpha value is -4.37. The van der Waals surface area contributed by atoms with Gasteiger partial charge < -0.3 is 29.6 Å². The van der Waals surface area contributed by atoms with Crippen molar-refractivity contribution in [2.75, 3.05) is 24.4 Å². The molecule has 0 saturated carbocycles. The second kappa shape index (κ2) is 10.5. The summed E-state index contributed by atoms with van der Waals surface area (Å²) in [4.78, 5) is 18.7. The van der Waals surface area contributed by atoms with Crippen LogP contribution in [0.15, 0.2) is 79.0 Å². The monoisotopic (exact) mass is 527 g/mol. The molecular weight excluding hydrogens is 498 g/mol. The van der Waals surface area contributed by atoms with Gasteiger partial charge in [-0.3, -0.25) is 9.78 Å². The van der Waals surface area contributed by atoms with Gasteiger partial charge in [-0.1, -0.05) is 6.07 Å². The third kappa shape index (κ3) is 4.68. The fourth-order valence-electron chi connectivity index (χ4n) is 4.94. The molecule has 2 atom stereocenters. The van der Waals surface area contributed by atoms with Gasteiger partial charge in [0.05, 0.1) is 31.6 Å². The van der Waals surface area contributed by atoms with E-state index >= 15 is 0 Å². The number of methoxy groups -OCH3 is 2. The maximum atomic E-state index is 11.9. The summed E-state index contributed by atoms with van der Waals surface area (Å²) in [5.74, 6) is 1.17. The van der Waals surface area contributed by atoms with Crippen LogP contribution >= 0.6 is 12.2 Å². The third-order valence-electron chi connectivity index (χ3n) is 6.61. The highest BCUT2D eigenvalue weighted by molar-refractivity contribution is 7.80. The van der Waals surface area contributed by atoms with Crippen molar-refractivity contribution >= 4 is 34.6 Å². The Morgan fingerprint density at radius 2 is 1.76 bits per heavy atom. The molecule has 2 aromatic heterocycles. The average molecular weight is 528 g/mol.